The number of fused-ring (bicyclic) bond motifs is 12. The van der Waals surface area contributed by atoms with Crippen molar-refractivity contribution in [1.29, 1.82) is 0 Å². The molecule has 0 unspecified atom stereocenters. The number of hydrogen-bond acceptors (Lipinski definition) is 3. The maximum atomic E-state index is 7.05. The summed E-state index contributed by atoms with van der Waals surface area (Å²) in [6, 6.07) is 58.0. The van der Waals surface area contributed by atoms with E-state index in [4.69, 9.17) is 14.5 Å². The Morgan fingerprint density at radius 3 is 1.75 bits per heavy atom. The molecule has 8 aromatic carbocycles. The summed E-state index contributed by atoms with van der Waals surface area (Å²) >= 11 is 0. The summed E-state index contributed by atoms with van der Waals surface area (Å²) < 4.78 is 13.7. The van der Waals surface area contributed by atoms with Crippen LogP contribution in [0.2, 0.25) is 0 Å². The van der Waals surface area contributed by atoms with Crippen LogP contribution in [0.1, 0.15) is 25.0 Å². The molecule has 0 spiro atoms. The van der Waals surface area contributed by atoms with Gasteiger partial charge in [-0.2, -0.15) is 0 Å². The Morgan fingerprint density at radius 1 is 0.396 bits per heavy atom. The lowest BCUT2D eigenvalue weighted by molar-refractivity contribution is 0.361. The van der Waals surface area contributed by atoms with E-state index in [9.17, 15) is 0 Å². The van der Waals surface area contributed by atoms with Crippen molar-refractivity contribution in [2.45, 2.75) is 19.3 Å². The first-order chi connectivity index (χ1) is 26.0. The highest BCUT2D eigenvalue weighted by atomic mass is 16.6. The fourth-order valence-corrected chi connectivity index (χ4v) is 8.73. The van der Waals surface area contributed by atoms with Gasteiger partial charge in [0.15, 0.2) is 23.0 Å². The second kappa shape index (κ2) is 11.1. The van der Waals surface area contributed by atoms with Crippen molar-refractivity contribution in [2.75, 3.05) is 0 Å². The van der Waals surface area contributed by atoms with E-state index in [1.54, 1.807) is 0 Å². The number of ether oxygens (including phenoxy) is 2. The third-order valence-electron chi connectivity index (χ3n) is 11.3. The molecule has 1 aliphatic heterocycles. The zero-order valence-electron chi connectivity index (χ0n) is 29.4. The molecule has 53 heavy (non-hydrogen) atoms. The molecular weight excluding hydrogens is 647 g/mol. The molecule has 0 radical (unpaired) electrons. The van der Waals surface area contributed by atoms with Gasteiger partial charge in [-0.3, -0.25) is 0 Å². The lowest BCUT2D eigenvalue weighted by atomic mass is 9.82. The second-order valence-corrected chi connectivity index (χ2v) is 14.7. The minimum atomic E-state index is -0.147. The maximum absolute atomic E-state index is 7.05. The second-order valence-electron chi connectivity index (χ2n) is 14.7. The van der Waals surface area contributed by atoms with E-state index in [2.05, 4.69) is 159 Å². The lowest BCUT2D eigenvalue weighted by Crippen LogP contribution is -2.15. The minimum absolute atomic E-state index is 0.147. The summed E-state index contributed by atoms with van der Waals surface area (Å²) in [5, 5.41) is 7.47. The maximum Gasteiger partial charge on any atom is 0.178 e. The molecule has 0 amide bonds. The Morgan fingerprint density at radius 2 is 1.00 bits per heavy atom. The van der Waals surface area contributed by atoms with Crippen LogP contribution in [-0.4, -0.2) is 4.98 Å². The minimum Gasteiger partial charge on any atom is -0.449 e. The molecule has 0 fully saturated rings. The first-order valence-corrected chi connectivity index (χ1v) is 18.2. The number of aromatic nitrogens is 1. The first kappa shape index (κ1) is 30.0. The van der Waals surface area contributed by atoms with Gasteiger partial charge in [-0.1, -0.05) is 147 Å². The van der Waals surface area contributed by atoms with Crippen LogP contribution in [0.25, 0.3) is 77.1 Å². The molecular formula is C50H33NO2. The van der Waals surface area contributed by atoms with E-state index in [1.165, 1.54) is 49.0 Å². The zero-order chi connectivity index (χ0) is 35.3. The van der Waals surface area contributed by atoms with Crippen molar-refractivity contribution in [3.05, 3.63) is 175 Å². The normalized spacial score (nSPS) is 13.5. The summed E-state index contributed by atoms with van der Waals surface area (Å²) in [6.45, 7) is 4.57. The average Bonchev–Trinajstić information content (AvgIpc) is 3.46. The number of nitrogens with zero attached hydrogens (tertiary/aromatic N) is 1. The monoisotopic (exact) mass is 679 g/mol. The summed E-state index contributed by atoms with van der Waals surface area (Å²) in [5.74, 6) is 2.91. The molecule has 2 aliphatic rings. The smallest absolute Gasteiger partial charge is 0.178 e. The van der Waals surface area contributed by atoms with Gasteiger partial charge in [0.05, 0.1) is 11.4 Å². The van der Waals surface area contributed by atoms with Crippen molar-refractivity contribution in [2.24, 2.45) is 0 Å². The van der Waals surface area contributed by atoms with Gasteiger partial charge in [-0.25, -0.2) is 4.98 Å². The van der Waals surface area contributed by atoms with Crippen LogP contribution in [0.15, 0.2) is 164 Å². The zero-order valence-corrected chi connectivity index (χ0v) is 29.4. The number of benzene rings is 8. The molecule has 0 saturated carbocycles. The number of hydrogen-bond donors (Lipinski definition) is 0. The van der Waals surface area contributed by atoms with Gasteiger partial charge in [0.1, 0.15) is 0 Å². The molecule has 0 N–H and O–H groups in total. The fourth-order valence-electron chi connectivity index (χ4n) is 8.73. The predicted octanol–water partition coefficient (Wildman–Crippen LogP) is 13.7. The molecule has 9 aromatic rings. The summed E-state index contributed by atoms with van der Waals surface area (Å²) in [4.78, 5) is 5.31. The van der Waals surface area contributed by atoms with Gasteiger partial charge in [0.25, 0.3) is 0 Å². The highest BCUT2D eigenvalue weighted by Gasteiger charge is 2.39. The summed E-state index contributed by atoms with van der Waals surface area (Å²) in [7, 11) is 0. The van der Waals surface area contributed by atoms with E-state index in [0.717, 1.165) is 50.7 Å². The fraction of sp³-hybridized carbons (Fsp3) is 0.0600. The summed E-state index contributed by atoms with van der Waals surface area (Å²) in [6.07, 6.45) is 0. The van der Waals surface area contributed by atoms with Crippen LogP contribution in [0.4, 0.5) is 0 Å². The van der Waals surface area contributed by atoms with Gasteiger partial charge in [-0.05, 0) is 84.9 Å². The Balaban J connectivity index is 1.11. The molecule has 3 heteroatoms. The van der Waals surface area contributed by atoms with E-state index in [-0.39, 0.29) is 5.41 Å². The lowest BCUT2D eigenvalue weighted by Gasteiger charge is -2.26. The Labute approximate surface area is 307 Å². The average molecular weight is 680 g/mol. The highest BCUT2D eigenvalue weighted by Crippen LogP contribution is 2.59. The van der Waals surface area contributed by atoms with Gasteiger partial charge in [0, 0.05) is 27.7 Å². The van der Waals surface area contributed by atoms with Crippen LogP contribution < -0.4 is 9.47 Å². The molecule has 0 saturated heterocycles. The first-order valence-electron chi connectivity index (χ1n) is 18.2. The molecule has 11 rings (SSSR count). The van der Waals surface area contributed by atoms with E-state index in [1.807, 2.05) is 18.2 Å². The quantitative estimate of drug-likeness (QED) is 0.174. The van der Waals surface area contributed by atoms with Crippen molar-refractivity contribution in [3.63, 3.8) is 0 Å². The molecule has 1 aromatic heterocycles. The highest BCUT2D eigenvalue weighted by molar-refractivity contribution is 6.25. The van der Waals surface area contributed by atoms with Crippen molar-refractivity contribution in [1.82, 2.24) is 4.98 Å². The Kier molecular flexibility index (Phi) is 6.30. The van der Waals surface area contributed by atoms with E-state index in [0.29, 0.717) is 11.5 Å². The largest absolute Gasteiger partial charge is 0.449 e. The molecule has 1 aliphatic carbocycles. The van der Waals surface area contributed by atoms with Gasteiger partial charge < -0.3 is 9.47 Å². The van der Waals surface area contributed by atoms with Crippen molar-refractivity contribution in [3.8, 4) is 67.8 Å². The van der Waals surface area contributed by atoms with Crippen LogP contribution in [0.5, 0.6) is 23.0 Å². The Hall–Kier alpha value is -6.71. The van der Waals surface area contributed by atoms with E-state index < -0.39 is 0 Å². The third-order valence-corrected chi connectivity index (χ3v) is 11.3. The standard InChI is InChI=1S/C50H33NO2/c1-50(2)41-21-11-10-19-39(41)47-42(50)25-26-46-49(47)53-48-33(20-12-22-45(48)52-46)32-28-43(30-13-4-3-5-14-30)51-44(29-32)31-23-24-38-36-17-7-6-15-34(36)35-16-8-9-18-37(35)40(38)27-31/h3-29H,1-2H3. The van der Waals surface area contributed by atoms with Gasteiger partial charge in [0.2, 0.25) is 0 Å². The number of pyridine rings is 1. The van der Waals surface area contributed by atoms with E-state index >= 15 is 0 Å². The Bertz CT molecular complexity index is 2940. The van der Waals surface area contributed by atoms with Crippen LogP contribution >= 0.6 is 0 Å². The molecule has 0 bridgehead atoms. The number of para-hydroxylation sites is 1. The third kappa shape index (κ3) is 4.44. The number of rotatable bonds is 3. The van der Waals surface area contributed by atoms with Crippen LogP contribution in [0, 0.1) is 0 Å². The molecule has 250 valence electrons. The molecule has 3 nitrogen and oxygen atoms in total. The SMILES string of the molecule is CC1(C)c2ccccc2-c2c1ccc1c2Oc2c(cccc2-c2cc(-c3ccccc3)nc(-c3ccc4c5ccccc5c5ccccc5c4c3)c2)O1. The topological polar surface area (TPSA) is 31.4 Å². The van der Waals surface area contributed by atoms with Gasteiger partial charge in [-0.15, -0.1) is 0 Å². The van der Waals surface area contributed by atoms with Crippen molar-refractivity contribution >= 4 is 32.3 Å². The summed E-state index contributed by atoms with van der Waals surface area (Å²) in [5.41, 5.74) is 10.6. The predicted molar refractivity (Wildman–Crippen MR) is 217 cm³/mol. The molecule has 0 atom stereocenters. The van der Waals surface area contributed by atoms with Gasteiger partial charge >= 0.3 is 0 Å². The van der Waals surface area contributed by atoms with Crippen LogP contribution in [-0.2, 0) is 5.41 Å². The van der Waals surface area contributed by atoms with Crippen molar-refractivity contribution < 1.29 is 9.47 Å². The van der Waals surface area contributed by atoms with Crippen LogP contribution in [0.3, 0.4) is 0 Å². The molecule has 2 heterocycles.